The van der Waals surface area contributed by atoms with Crippen molar-refractivity contribution in [2.45, 2.75) is 18.9 Å². The molecule has 15 heavy (non-hydrogen) atoms. The summed E-state index contributed by atoms with van der Waals surface area (Å²) in [6.07, 6.45) is 3.07. The van der Waals surface area contributed by atoms with Crippen LogP contribution in [0.15, 0.2) is 12.3 Å². The van der Waals surface area contributed by atoms with Crippen molar-refractivity contribution in [1.29, 1.82) is 0 Å². The first-order valence-corrected chi connectivity index (χ1v) is 4.85. The lowest BCUT2D eigenvalue weighted by Crippen LogP contribution is -2.50. The summed E-state index contributed by atoms with van der Waals surface area (Å²) < 4.78 is 0. The van der Waals surface area contributed by atoms with Crippen molar-refractivity contribution in [2.75, 3.05) is 6.54 Å². The van der Waals surface area contributed by atoms with Gasteiger partial charge in [-0.3, -0.25) is 14.7 Å². The maximum atomic E-state index is 11.6. The number of amides is 2. The lowest BCUT2D eigenvalue weighted by Gasteiger charge is -2.22. The quantitative estimate of drug-likeness (QED) is 0.607. The molecule has 2 rings (SSSR count). The zero-order valence-electron chi connectivity index (χ0n) is 8.12. The van der Waals surface area contributed by atoms with Crippen molar-refractivity contribution in [2.24, 2.45) is 0 Å². The number of hydrogen-bond acceptors (Lipinski definition) is 3. The molecule has 0 radical (unpaired) electrons. The van der Waals surface area contributed by atoms with Crippen molar-refractivity contribution < 1.29 is 9.59 Å². The van der Waals surface area contributed by atoms with Crippen molar-refractivity contribution in [1.82, 2.24) is 20.8 Å². The molecule has 1 aliphatic rings. The molecule has 1 atom stereocenters. The van der Waals surface area contributed by atoms with Gasteiger partial charge in [-0.1, -0.05) is 0 Å². The number of piperidine rings is 1. The first-order chi connectivity index (χ1) is 7.27. The molecule has 80 valence electrons. The average molecular weight is 208 g/mol. The molecular weight excluding hydrogens is 196 g/mol. The van der Waals surface area contributed by atoms with Gasteiger partial charge >= 0.3 is 0 Å². The van der Waals surface area contributed by atoms with Crippen LogP contribution in [0.25, 0.3) is 0 Å². The standard InChI is InChI=1S/C9H12N4O2/c14-8-6(2-1-4-10-8)12-9(15)7-3-5-11-13-7/h3,5-6H,1-2,4H2,(H,10,14)(H,11,13)(H,12,15). The molecule has 0 bridgehead atoms. The SMILES string of the molecule is O=C(NC1CCCNC1=O)c1ccn[nH]1. The summed E-state index contributed by atoms with van der Waals surface area (Å²) in [6, 6.07) is 1.14. The van der Waals surface area contributed by atoms with E-state index in [0.717, 1.165) is 6.42 Å². The van der Waals surface area contributed by atoms with Crippen molar-refractivity contribution >= 4 is 11.8 Å². The van der Waals surface area contributed by atoms with Crippen molar-refractivity contribution in [3.8, 4) is 0 Å². The highest BCUT2D eigenvalue weighted by Crippen LogP contribution is 2.04. The van der Waals surface area contributed by atoms with Gasteiger partial charge in [-0.05, 0) is 18.9 Å². The fourth-order valence-corrected chi connectivity index (χ4v) is 1.53. The zero-order valence-corrected chi connectivity index (χ0v) is 8.12. The Kier molecular flexibility index (Phi) is 2.66. The third-order valence-corrected chi connectivity index (χ3v) is 2.34. The monoisotopic (exact) mass is 208 g/mol. The Morgan fingerprint density at radius 1 is 1.60 bits per heavy atom. The number of aromatic nitrogens is 2. The molecule has 2 heterocycles. The van der Waals surface area contributed by atoms with E-state index in [9.17, 15) is 9.59 Å². The lowest BCUT2D eigenvalue weighted by atomic mass is 10.1. The second-order valence-corrected chi connectivity index (χ2v) is 3.43. The molecule has 3 N–H and O–H groups in total. The molecular formula is C9H12N4O2. The number of rotatable bonds is 2. The Morgan fingerprint density at radius 3 is 3.13 bits per heavy atom. The molecule has 2 amide bonds. The van der Waals surface area contributed by atoms with Crippen LogP contribution < -0.4 is 10.6 Å². The molecule has 1 aromatic rings. The van der Waals surface area contributed by atoms with Crippen LogP contribution in [0.4, 0.5) is 0 Å². The van der Waals surface area contributed by atoms with Crippen LogP contribution in [0.3, 0.4) is 0 Å². The molecule has 0 aromatic carbocycles. The van der Waals surface area contributed by atoms with E-state index >= 15 is 0 Å². The molecule has 1 aromatic heterocycles. The zero-order chi connectivity index (χ0) is 10.7. The van der Waals surface area contributed by atoms with Crippen LogP contribution >= 0.6 is 0 Å². The van der Waals surface area contributed by atoms with Gasteiger partial charge in [0.25, 0.3) is 5.91 Å². The Bertz CT molecular complexity index is 360. The van der Waals surface area contributed by atoms with Gasteiger partial charge in [0.2, 0.25) is 5.91 Å². The van der Waals surface area contributed by atoms with E-state index in [2.05, 4.69) is 20.8 Å². The van der Waals surface area contributed by atoms with Crippen LogP contribution in [-0.4, -0.2) is 34.6 Å². The topological polar surface area (TPSA) is 86.9 Å². The Balaban J connectivity index is 1.96. The number of hydrogen-bond donors (Lipinski definition) is 3. The van der Waals surface area contributed by atoms with E-state index in [0.29, 0.717) is 18.7 Å². The van der Waals surface area contributed by atoms with Gasteiger partial charge in [0.1, 0.15) is 11.7 Å². The first-order valence-electron chi connectivity index (χ1n) is 4.85. The van der Waals surface area contributed by atoms with Crippen LogP contribution in [0.5, 0.6) is 0 Å². The van der Waals surface area contributed by atoms with Gasteiger partial charge in [-0.15, -0.1) is 0 Å². The molecule has 6 heteroatoms. The van der Waals surface area contributed by atoms with Gasteiger partial charge in [0.15, 0.2) is 0 Å². The van der Waals surface area contributed by atoms with Crippen LogP contribution in [0, 0.1) is 0 Å². The summed E-state index contributed by atoms with van der Waals surface area (Å²) in [5, 5.41) is 11.6. The van der Waals surface area contributed by atoms with E-state index in [4.69, 9.17) is 0 Å². The Morgan fingerprint density at radius 2 is 2.47 bits per heavy atom. The number of aromatic amines is 1. The summed E-state index contributed by atoms with van der Waals surface area (Å²) in [7, 11) is 0. The maximum Gasteiger partial charge on any atom is 0.269 e. The highest BCUT2D eigenvalue weighted by Gasteiger charge is 2.24. The van der Waals surface area contributed by atoms with Crippen LogP contribution in [0.2, 0.25) is 0 Å². The molecule has 0 aliphatic carbocycles. The molecule has 1 unspecified atom stereocenters. The highest BCUT2D eigenvalue weighted by molar-refractivity contribution is 5.96. The van der Waals surface area contributed by atoms with Crippen molar-refractivity contribution in [3.63, 3.8) is 0 Å². The van der Waals surface area contributed by atoms with E-state index in [1.807, 2.05) is 0 Å². The smallest absolute Gasteiger partial charge is 0.269 e. The van der Waals surface area contributed by atoms with Crippen LogP contribution in [-0.2, 0) is 4.79 Å². The number of carbonyl (C=O) groups is 2. The molecule has 0 saturated carbocycles. The van der Waals surface area contributed by atoms with Crippen LogP contribution in [0.1, 0.15) is 23.3 Å². The minimum Gasteiger partial charge on any atom is -0.354 e. The predicted molar refractivity (Wildman–Crippen MR) is 52.1 cm³/mol. The van der Waals surface area contributed by atoms with E-state index < -0.39 is 6.04 Å². The normalized spacial score (nSPS) is 20.8. The molecule has 6 nitrogen and oxygen atoms in total. The Labute approximate surface area is 86.4 Å². The molecule has 1 fully saturated rings. The minimum absolute atomic E-state index is 0.117. The second kappa shape index (κ2) is 4.12. The van der Waals surface area contributed by atoms with Gasteiger partial charge < -0.3 is 10.6 Å². The summed E-state index contributed by atoms with van der Waals surface area (Å²) in [5.74, 6) is -0.413. The summed E-state index contributed by atoms with van der Waals surface area (Å²) >= 11 is 0. The van der Waals surface area contributed by atoms with Gasteiger partial charge in [0, 0.05) is 12.7 Å². The molecule has 1 saturated heterocycles. The van der Waals surface area contributed by atoms with Gasteiger partial charge in [-0.2, -0.15) is 5.10 Å². The fraction of sp³-hybridized carbons (Fsp3) is 0.444. The average Bonchev–Trinajstić information content (AvgIpc) is 2.74. The Hall–Kier alpha value is -1.85. The first kappa shape index (κ1) is 9.70. The van der Waals surface area contributed by atoms with E-state index in [-0.39, 0.29) is 11.8 Å². The minimum atomic E-state index is -0.422. The molecule has 1 aliphatic heterocycles. The third kappa shape index (κ3) is 2.15. The highest BCUT2D eigenvalue weighted by atomic mass is 16.2. The van der Waals surface area contributed by atoms with E-state index in [1.165, 1.54) is 6.20 Å². The fourth-order valence-electron chi connectivity index (χ4n) is 1.53. The maximum absolute atomic E-state index is 11.6. The summed E-state index contributed by atoms with van der Waals surface area (Å²) in [5.41, 5.74) is 0.369. The predicted octanol–water partition coefficient (Wildman–Crippen LogP) is -0.582. The number of nitrogens with one attached hydrogen (secondary N) is 3. The molecule has 0 spiro atoms. The number of nitrogens with zero attached hydrogens (tertiary/aromatic N) is 1. The van der Waals surface area contributed by atoms with Gasteiger partial charge in [0.05, 0.1) is 0 Å². The summed E-state index contributed by atoms with van der Waals surface area (Å²) in [6.45, 7) is 0.690. The number of H-pyrrole nitrogens is 1. The van der Waals surface area contributed by atoms with E-state index in [1.54, 1.807) is 6.07 Å². The third-order valence-electron chi connectivity index (χ3n) is 2.34. The summed E-state index contributed by atoms with van der Waals surface area (Å²) in [4.78, 5) is 22.9. The number of carbonyl (C=O) groups excluding carboxylic acids is 2. The van der Waals surface area contributed by atoms with Gasteiger partial charge in [-0.25, -0.2) is 0 Å². The second-order valence-electron chi connectivity index (χ2n) is 3.43. The van der Waals surface area contributed by atoms with Crippen molar-refractivity contribution in [3.05, 3.63) is 18.0 Å². The lowest BCUT2D eigenvalue weighted by molar-refractivity contribution is -0.124. The largest absolute Gasteiger partial charge is 0.354 e.